The van der Waals surface area contributed by atoms with E-state index in [0.717, 1.165) is 20.6 Å². The lowest BCUT2D eigenvalue weighted by atomic mass is 10.1. The molecule has 0 aromatic heterocycles. The van der Waals surface area contributed by atoms with E-state index in [1.54, 1.807) is 25.1 Å². The molecule has 1 N–H and O–H groups in total. The Balaban J connectivity index is 1.90. The summed E-state index contributed by atoms with van der Waals surface area (Å²) in [6.45, 7) is 6.47. The van der Waals surface area contributed by atoms with Gasteiger partial charge < -0.3 is 19.7 Å². The summed E-state index contributed by atoms with van der Waals surface area (Å²) in [5.74, 6) is 0.342. The number of rotatable bonds is 10. The number of nitrogens with one attached hydrogen (secondary N) is 1. The van der Waals surface area contributed by atoms with E-state index in [1.165, 1.54) is 4.90 Å². The Morgan fingerprint density at radius 2 is 1.75 bits per heavy atom. The lowest BCUT2D eigenvalue weighted by Crippen LogP contribution is -2.51. The van der Waals surface area contributed by atoms with Gasteiger partial charge in [0.2, 0.25) is 21.8 Å². The highest BCUT2D eigenvalue weighted by Gasteiger charge is 2.30. The van der Waals surface area contributed by atoms with Crippen molar-refractivity contribution in [1.29, 1.82) is 0 Å². The molecule has 0 spiro atoms. The molecule has 0 saturated carbocycles. The van der Waals surface area contributed by atoms with Crippen LogP contribution in [-0.4, -0.2) is 63.7 Å². The monoisotopic (exact) mass is 581 g/mol. The second-order valence-electron chi connectivity index (χ2n) is 9.06. The minimum atomic E-state index is -3.84. The van der Waals surface area contributed by atoms with Crippen LogP contribution in [0.15, 0.2) is 46.9 Å². The van der Waals surface area contributed by atoms with Gasteiger partial charge in [-0.25, -0.2) is 8.42 Å². The average molecular weight is 583 g/mol. The highest BCUT2D eigenvalue weighted by Crippen LogP contribution is 2.34. The van der Waals surface area contributed by atoms with Crippen molar-refractivity contribution in [2.45, 2.75) is 33.4 Å². The molecule has 0 fully saturated rings. The summed E-state index contributed by atoms with van der Waals surface area (Å²) in [4.78, 5) is 27.9. The normalized spacial score (nSPS) is 13.7. The van der Waals surface area contributed by atoms with E-state index in [2.05, 4.69) is 21.2 Å². The van der Waals surface area contributed by atoms with Gasteiger partial charge in [-0.3, -0.25) is 13.9 Å². The van der Waals surface area contributed by atoms with Crippen LogP contribution in [0, 0.1) is 5.92 Å². The predicted molar refractivity (Wildman–Crippen MR) is 142 cm³/mol. The molecule has 36 heavy (non-hydrogen) atoms. The number of ether oxygens (including phenoxy) is 2. The molecule has 0 bridgehead atoms. The molecule has 1 aliphatic heterocycles. The number of benzene rings is 2. The molecule has 1 heterocycles. The number of amides is 2. The Hall–Kier alpha value is -2.79. The van der Waals surface area contributed by atoms with Crippen molar-refractivity contribution in [3.05, 3.63) is 52.5 Å². The zero-order valence-electron chi connectivity index (χ0n) is 20.9. The van der Waals surface area contributed by atoms with E-state index >= 15 is 0 Å². The van der Waals surface area contributed by atoms with Gasteiger partial charge >= 0.3 is 0 Å². The van der Waals surface area contributed by atoms with E-state index in [1.807, 2.05) is 38.1 Å². The molecule has 2 aromatic carbocycles. The summed E-state index contributed by atoms with van der Waals surface area (Å²) < 4.78 is 38.4. The van der Waals surface area contributed by atoms with Crippen molar-refractivity contribution in [1.82, 2.24) is 10.2 Å². The van der Waals surface area contributed by atoms with Gasteiger partial charge in [0, 0.05) is 23.6 Å². The third-order valence-corrected chi connectivity index (χ3v) is 7.22. The van der Waals surface area contributed by atoms with Gasteiger partial charge in [0.15, 0.2) is 11.5 Å². The van der Waals surface area contributed by atoms with Gasteiger partial charge in [-0.2, -0.15) is 0 Å². The van der Waals surface area contributed by atoms with Gasteiger partial charge in [0.1, 0.15) is 25.8 Å². The zero-order valence-corrected chi connectivity index (χ0v) is 23.3. The van der Waals surface area contributed by atoms with Gasteiger partial charge in [-0.1, -0.05) is 41.9 Å². The second kappa shape index (κ2) is 12.0. The Bertz CT molecular complexity index is 1200. The van der Waals surface area contributed by atoms with Crippen molar-refractivity contribution in [3.8, 4) is 11.5 Å². The van der Waals surface area contributed by atoms with E-state index in [9.17, 15) is 18.0 Å². The molecule has 196 valence electrons. The number of halogens is 1. The lowest BCUT2D eigenvalue weighted by molar-refractivity contribution is -0.139. The van der Waals surface area contributed by atoms with Crippen molar-refractivity contribution < 1.29 is 27.5 Å². The van der Waals surface area contributed by atoms with Gasteiger partial charge in [0.25, 0.3) is 0 Å². The van der Waals surface area contributed by atoms with Crippen LogP contribution in [-0.2, 0) is 26.2 Å². The molecule has 2 aromatic rings. The Morgan fingerprint density at radius 1 is 1.06 bits per heavy atom. The maximum absolute atomic E-state index is 13.6. The zero-order chi connectivity index (χ0) is 26.5. The molecule has 1 aliphatic rings. The number of hydrogen-bond donors (Lipinski definition) is 1. The van der Waals surface area contributed by atoms with Crippen molar-refractivity contribution in [3.63, 3.8) is 0 Å². The Morgan fingerprint density at radius 3 is 2.39 bits per heavy atom. The molecular weight excluding hydrogens is 550 g/mol. The van der Waals surface area contributed by atoms with Gasteiger partial charge in [0.05, 0.1) is 11.9 Å². The van der Waals surface area contributed by atoms with Crippen LogP contribution in [0.5, 0.6) is 11.5 Å². The van der Waals surface area contributed by atoms with Crippen molar-refractivity contribution >= 4 is 43.5 Å². The SMILES string of the molecule is CC(C)CNC(=O)[C@@H](C)N(Cc1cccc(Br)c1)C(=O)CN(c1ccc2c(c1)OCCO2)S(C)(=O)=O. The highest BCUT2D eigenvalue weighted by molar-refractivity contribution is 9.10. The number of fused-ring (bicyclic) bond motifs is 1. The first-order chi connectivity index (χ1) is 17.0. The molecule has 3 rings (SSSR count). The molecule has 11 heteroatoms. The summed E-state index contributed by atoms with van der Waals surface area (Å²) in [5.41, 5.74) is 1.07. The Kier molecular flexibility index (Phi) is 9.24. The Labute approximate surface area is 220 Å². The van der Waals surface area contributed by atoms with E-state index < -0.39 is 28.5 Å². The summed E-state index contributed by atoms with van der Waals surface area (Å²) in [7, 11) is -3.84. The number of carbonyl (C=O) groups is 2. The molecule has 0 unspecified atom stereocenters. The lowest BCUT2D eigenvalue weighted by Gasteiger charge is -2.32. The number of carbonyl (C=O) groups excluding carboxylic acids is 2. The second-order valence-corrected chi connectivity index (χ2v) is 11.9. The van der Waals surface area contributed by atoms with E-state index in [4.69, 9.17) is 9.47 Å². The largest absolute Gasteiger partial charge is 0.486 e. The van der Waals surface area contributed by atoms with Crippen LogP contribution >= 0.6 is 15.9 Å². The summed E-state index contributed by atoms with van der Waals surface area (Å²) >= 11 is 3.43. The van der Waals surface area contributed by atoms with Crippen LogP contribution in [0.2, 0.25) is 0 Å². The predicted octanol–water partition coefficient (Wildman–Crippen LogP) is 3.18. The fourth-order valence-electron chi connectivity index (χ4n) is 3.67. The van der Waals surface area contributed by atoms with Gasteiger partial charge in [-0.15, -0.1) is 0 Å². The molecular formula is C25H32BrN3O6S. The maximum atomic E-state index is 13.6. The third kappa shape index (κ3) is 7.36. The molecule has 0 radical (unpaired) electrons. The maximum Gasteiger partial charge on any atom is 0.244 e. The first-order valence-electron chi connectivity index (χ1n) is 11.6. The summed E-state index contributed by atoms with van der Waals surface area (Å²) in [6, 6.07) is 11.3. The van der Waals surface area contributed by atoms with Crippen LogP contribution in [0.4, 0.5) is 5.69 Å². The number of sulfonamides is 1. The number of hydrogen-bond acceptors (Lipinski definition) is 6. The number of anilines is 1. The average Bonchev–Trinajstić information content (AvgIpc) is 2.82. The molecule has 1 atom stereocenters. The van der Waals surface area contributed by atoms with Crippen molar-refractivity contribution in [2.75, 3.05) is 36.9 Å². The van der Waals surface area contributed by atoms with Crippen molar-refractivity contribution in [2.24, 2.45) is 5.92 Å². The number of nitrogens with zero attached hydrogens (tertiary/aromatic N) is 2. The third-order valence-electron chi connectivity index (χ3n) is 5.59. The molecule has 0 aliphatic carbocycles. The fraction of sp³-hybridized carbons (Fsp3) is 0.440. The van der Waals surface area contributed by atoms with Crippen LogP contribution in [0.25, 0.3) is 0 Å². The fourth-order valence-corrected chi connectivity index (χ4v) is 4.96. The van der Waals surface area contributed by atoms with Crippen LogP contribution in [0.3, 0.4) is 0 Å². The molecule has 0 saturated heterocycles. The topological polar surface area (TPSA) is 105 Å². The summed E-state index contributed by atoms with van der Waals surface area (Å²) in [5, 5.41) is 2.86. The van der Waals surface area contributed by atoms with Crippen LogP contribution < -0.4 is 19.1 Å². The van der Waals surface area contributed by atoms with E-state index in [0.29, 0.717) is 31.3 Å². The first-order valence-corrected chi connectivity index (χ1v) is 14.3. The smallest absolute Gasteiger partial charge is 0.244 e. The highest BCUT2D eigenvalue weighted by atomic mass is 79.9. The minimum Gasteiger partial charge on any atom is -0.486 e. The summed E-state index contributed by atoms with van der Waals surface area (Å²) in [6.07, 6.45) is 1.04. The molecule has 2 amide bonds. The molecule has 9 nitrogen and oxygen atoms in total. The quantitative estimate of drug-likeness (QED) is 0.462. The first kappa shape index (κ1) is 27.8. The van der Waals surface area contributed by atoms with Crippen LogP contribution in [0.1, 0.15) is 26.3 Å². The standard InChI is InChI=1S/C25H32BrN3O6S/c1-17(2)14-27-25(31)18(3)28(15-19-6-5-7-20(26)12-19)24(30)16-29(36(4,32)33)21-8-9-22-23(13-21)35-11-10-34-22/h5-9,12-13,17-18H,10-11,14-16H2,1-4H3,(H,27,31)/t18-/m1/s1. The van der Waals surface area contributed by atoms with E-state index in [-0.39, 0.29) is 24.1 Å². The van der Waals surface area contributed by atoms with Gasteiger partial charge in [-0.05, 0) is 42.7 Å². The minimum absolute atomic E-state index is 0.132.